The molecular formula is C17H29N3. The van der Waals surface area contributed by atoms with Gasteiger partial charge in [0.1, 0.15) is 0 Å². The van der Waals surface area contributed by atoms with Crippen molar-refractivity contribution in [2.75, 3.05) is 27.2 Å². The Morgan fingerprint density at radius 3 is 2.65 bits per heavy atom. The molecule has 0 aliphatic carbocycles. The third-order valence-electron chi connectivity index (χ3n) is 4.04. The lowest BCUT2D eigenvalue weighted by molar-refractivity contribution is 0.311. The fourth-order valence-electron chi connectivity index (χ4n) is 3.10. The smallest absolute Gasteiger partial charge is 0.0451 e. The minimum atomic E-state index is 0.405. The van der Waals surface area contributed by atoms with Crippen LogP contribution < -0.4 is 10.6 Å². The van der Waals surface area contributed by atoms with Crippen molar-refractivity contribution in [3.8, 4) is 0 Å². The van der Waals surface area contributed by atoms with E-state index in [1.54, 1.807) is 0 Å². The molecule has 2 rings (SSSR count). The van der Waals surface area contributed by atoms with Gasteiger partial charge in [-0.25, -0.2) is 0 Å². The van der Waals surface area contributed by atoms with E-state index in [2.05, 4.69) is 66.9 Å². The first-order chi connectivity index (χ1) is 9.65. The number of likely N-dealkylation sites (N-methyl/N-ethyl adjacent to an activating group) is 1. The van der Waals surface area contributed by atoms with Gasteiger partial charge in [-0.1, -0.05) is 30.3 Å². The maximum atomic E-state index is 3.81. The Kier molecular flexibility index (Phi) is 6.02. The molecule has 3 nitrogen and oxygen atoms in total. The maximum absolute atomic E-state index is 3.81. The fraction of sp³-hybridized carbons (Fsp3) is 0.647. The third-order valence-corrected chi connectivity index (χ3v) is 4.04. The summed E-state index contributed by atoms with van der Waals surface area (Å²) in [7, 11) is 4.28. The Morgan fingerprint density at radius 1 is 1.30 bits per heavy atom. The molecule has 1 aliphatic heterocycles. The average molecular weight is 275 g/mol. The molecule has 0 spiro atoms. The summed E-state index contributed by atoms with van der Waals surface area (Å²) < 4.78 is 0. The lowest BCUT2D eigenvalue weighted by Crippen LogP contribution is -2.39. The number of nitrogens with zero attached hydrogens (tertiary/aromatic N) is 1. The van der Waals surface area contributed by atoms with Crippen LogP contribution in [-0.2, 0) is 0 Å². The molecule has 0 amide bonds. The van der Waals surface area contributed by atoms with Gasteiger partial charge in [-0.15, -0.1) is 0 Å². The van der Waals surface area contributed by atoms with E-state index in [-0.39, 0.29) is 0 Å². The minimum absolute atomic E-state index is 0.405. The zero-order valence-electron chi connectivity index (χ0n) is 13.1. The highest BCUT2D eigenvalue weighted by Gasteiger charge is 2.20. The minimum Gasteiger partial charge on any atom is -0.314 e. The lowest BCUT2D eigenvalue weighted by Gasteiger charge is -2.28. The molecule has 3 heteroatoms. The van der Waals surface area contributed by atoms with Crippen LogP contribution in [0.5, 0.6) is 0 Å². The van der Waals surface area contributed by atoms with Crippen LogP contribution in [0.25, 0.3) is 0 Å². The van der Waals surface area contributed by atoms with E-state index in [0.29, 0.717) is 18.1 Å². The molecule has 0 radical (unpaired) electrons. The molecule has 2 N–H and O–H groups in total. The quantitative estimate of drug-likeness (QED) is 0.800. The Labute approximate surface area is 123 Å². The van der Waals surface area contributed by atoms with E-state index in [0.717, 1.165) is 6.54 Å². The second-order valence-corrected chi connectivity index (χ2v) is 6.32. The van der Waals surface area contributed by atoms with Gasteiger partial charge < -0.3 is 15.5 Å². The van der Waals surface area contributed by atoms with E-state index in [9.17, 15) is 0 Å². The van der Waals surface area contributed by atoms with Crippen LogP contribution in [0.1, 0.15) is 37.8 Å². The number of benzene rings is 1. The van der Waals surface area contributed by atoms with Crippen LogP contribution >= 0.6 is 0 Å². The van der Waals surface area contributed by atoms with E-state index < -0.39 is 0 Å². The number of nitrogens with one attached hydrogen (secondary N) is 2. The summed E-state index contributed by atoms with van der Waals surface area (Å²) in [6.07, 6.45) is 3.88. The largest absolute Gasteiger partial charge is 0.314 e. The first kappa shape index (κ1) is 15.5. The summed E-state index contributed by atoms with van der Waals surface area (Å²) in [5.41, 5.74) is 1.38. The van der Waals surface area contributed by atoms with Gasteiger partial charge in [0, 0.05) is 24.7 Å². The molecule has 112 valence electrons. The summed E-state index contributed by atoms with van der Waals surface area (Å²) in [6.45, 7) is 4.54. The Bertz CT molecular complexity index is 371. The van der Waals surface area contributed by atoms with Gasteiger partial charge in [0.25, 0.3) is 0 Å². The summed E-state index contributed by atoms with van der Waals surface area (Å²) in [5.74, 6) is 0. The second-order valence-electron chi connectivity index (χ2n) is 6.32. The van der Waals surface area contributed by atoms with Crippen molar-refractivity contribution in [1.82, 2.24) is 15.5 Å². The van der Waals surface area contributed by atoms with Gasteiger partial charge in [-0.05, 0) is 52.4 Å². The summed E-state index contributed by atoms with van der Waals surface area (Å²) >= 11 is 0. The van der Waals surface area contributed by atoms with Gasteiger partial charge >= 0.3 is 0 Å². The first-order valence-corrected chi connectivity index (χ1v) is 7.84. The van der Waals surface area contributed by atoms with Crippen LogP contribution in [0.2, 0.25) is 0 Å². The first-order valence-electron chi connectivity index (χ1n) is 7.84. The molecule has 3 unspecified atom stereocenters. The summed E-state index contributed by atoms with van der Waals surface area (Å²) in [6, 6.07) is 12.4. The van der Waals surface area contributed by atoms with Crippen LogP contribution in [-0.4, -0.2) is 44.2 Å². The molecule has 1 saturated heterocycles. The van der Waals surface area contributed by atoms with E-state index in [1.165, 1.54) is 31.4 Å². The zero-order valence-corrected chi connectivity index (χ0v) is 13.1. The second kappa shape index (κ2) is 7.77. The average Bonchev–Trinajstić information content (AvgIpc) is 2.91. The maximum Gasteiger partial charge on any atom is 0.0451 e. The molecule has 20 heavy (non-hydrogen) atoms. The van der Waals surface area contributed by atoms with Crippen molar-refractivity contribution in [2.45, 2.75) is 44.3 Å². The van der Waals surface area contributed by atoms with Gasteiger partial charge in [-0.2, -0.15) is 0 Å². The molecule has 1 aliphatic rings. The van der Waals surface area contributed by atoms with Crippen molar-refractivity contribution in [3.63, 3.8) is 0 Å². The zero-order chi connectivity index (χ0) is 14.4. The Morgan fingerprint density at radius 2 is 2.05 bits per heavy atom. The molecule has 0 bridgehead atoms. The Balaban J connectivity index is 1.92. The highest BCUT2D eigenvalue weighted by Crippen LogP contribution is 2.17. The topological polar surface area (TPSA) is 27.3 Å². The molecule has 3 atom stereocenters. The lowest BCUT2D eigenvalue weighted by atomic mass is 10.0. The van der Waals surface area contributed by atoms with Crippen molar-refractivity contribution < 1.29 is 0 Å². The molecule has 1 fully saturated rings. The monoisotopic (exact) mass is 275 g/mol. The third kappa shape index (κ3) is 4.89. The van der Waals surface area contributed by atoms with Gasteiger partial charge in [0.2, 0.25) is 0 Å². The van der Waals surface area contributed by atoms with Crippen molar-refractivity contribution >= 4 is 0 Å². The number of hydrogen-bond acceptors (Lipinski definition) is 3. The fourth-order valence-corrected chi connectivity index (χ4v) is 3.10. The van der Waals surface area contributed by atoms with Crippen LogP contribution in [0, 0.1) is 0 Å². The van der Waals surface area contributed by atoms with E-state index in [1.807, 2.05) is 0 Å². The standard InChI is InChI=1S/C17H29N3/c1-14(12-16-10-7-11-18-16)19-17(13-20(2)3)15-8-5-4-6-9-15/h4-6,8-9,14,16-19H,7,10-13H2,1-3H3. The van der Waals surface area contributed by atoms with Gasteiger partial charge in [-0.3, -0.25) is 0 Å². The van der Waals surface area contributed by atoms with E-state index >= 15 is 0 Å². The molecule has 1 aromatic rings. The summed E-state index contributed by atoms with van der Waals surface area (Å²) in [4.78, 5) is 2.26. The predicted octanol–water partition coefficient (Wildman–Crippen LogP) is 2.41. The van der Waals surface area contributed by atoms with Crippen LogP contribution in [0.3, 0.4) is 0 Å². The SMILES string of the molecule is CC(CC1CCCN1)NC(CN(C)C)c1ccccc1. The van der Waals surface area contributed by atoms with E-state index in [4.69, 9.17) is 0 Å². The normalized spacial score (nSPS) is 22.1. The molecular weight excluding hydrogens is 246 g/mol. The van der Waals surface area contributed by atoms with Crippen molar-refractivity contribution in [3.05, 3.63) is 35.9 Å². The van der Waals surface area contributed by atoms with Crippen LogP contribution in [0.4, 0.5) is 0 Å². The van der Waals surface area contributed by atoms with Crippen molar-refractivity contribution in [2.24, 2.45) is 0 Å². The van der Waals surface area contributed by atoms with Gasteiger partial charge in [0.15, 0.2) is 0 Å². The molecule has 0 aromatic heterocycles. The molecule has 1 aromatic carbocycles. The van der Waals surface area contributed by atoms with Gasteiger partial charge in [0.05, 0.1) is 0 Å². The Hall–Kier alpha value is -0.900. The predicted molar refractivity (Wildman–Crippen MR) is 86.0 cm³/mol. The number of rotatable bonds is 7. The van der Waals surface area contributed by atoms with Crippen LogP contribution in [0.15, 0.2) is 30.3 Å². The molecule has 0 saturated carbocycles. The highest BCUT2D eigenvalue weighted by atomic mass is 15.1. The van der Waals surface area contributed by atoms with Crippen molar-refractivity contribution in [1.29, 1.82) is 0 Å². The highest BCUT2D eigenvalue weighted by molar-refractivity contribution is 5.19. The molecule has 1 heterocycles. The summed E-state index contributed by atoms with van der Waals surface area (Å²) in [5, 5.41) is 7.40. The number of hydrogen-bond donors (Lipinski definition) is 2.